The highest BCUT2D eigenvalue weighted by molar-refractivity contribution is 7.71. The van der Waals surface area contributed by atoms with Crippen LogP contribution in [0, 0.1) is 10.7 Å². The number of carbonyl (C=O) groups is 1. The predicted molar refractivity (Wildman–Crippen MR) is 84.7 cm³/mol. The van der Waals surface area contributed by atoms with Crippen LogP contribution in [-0.4, -0.2) is 33.4 Å². The Kier molecular flexibility index (Phi) is 5.78. The zero-order valence-electron chi connectivity index (χ0n) is 12.8. The van der Waals surface area contributed by atoms with E-state index in [0.29, 0.717) is 29.7 Å². The van der Waals surface area contributed by atoms with E-state index in [4.69, 9.17) is 12.2 Å². The molecule has 0 unspecified atom stereocenters. The van der Waals surface area contributed by atoms with Gasteiger partial charge in [-0.3, -0.25) is 5.10 Å². The number of hydrogen-bond donors (Lipinski definition) is 3. The number of carbonyl (C=O) groups excluding carboxylic acids is 1. The Morgan fingerprint density at radius 2 is 2.24 bits per heavy atom. The summed E-state index contributed by atoms with van der Waals surface area (Å²) >= 11 is 5.14. The van der Waals surface area contributed by atoms with Crippen LogP contribution in [0.3, 0.4) is 0 Å². The van der Waals surface area contributed by atoms with E-state index >= 15 is 0 Å². The monoisotopic (exact) mass is 311 g/mol. The standard InChI is InChI=1S/C14H25N5OS/c1-3-19-12(17-18-14(19)21)8-9-15-13(20)16-11-7-5-4-6-10(11)2/h10-11H,3-9H2,1-2H3,(H,18,21)(H2,15,16,20)/t10-,11+/m1/s1. The van der Waals surface area contributed by atoms with Gasteiger partial charge in [-0.15, -0.1) is 0 Å². The van der Waals surface area contributed by atoms with E-state index in [0.717, 1.165) is 18.8 Å². The molecule has 1 aromatic rings. The Labute approximate surface area is 130 Å². The predicted octanol–water partition coefficient (Wildman–Crippen LogP) is 2.38. The summed E-state index contributed by atoms with van der Waals surface area (Å²) in [6, 6.07) is 0.231. The van der Waals surface area contributed by atoms with Gasteiger partial charge >= 0.3 is 6.03 Å². The van der Waals surface area contributed by atoms with Crippen molar-refractivity contribution in [1.82, 2.24) is 25.4 Å². The van der Waals surface area contributed by atoms with Crippen molar-refractivity contribution >= 4 is 18.2 Å². The number of hydrogen-bond acceptors (Lipinski definition) is 3. The van der Waals surface area contributed by atoms with Gasteiger partial charge in [0.1, 0.15) is 5.82 Å². The van der Waals surface area contributed by atoms with E-state index < -0.39 is 0 Å². The molecule has 0 aromatic carbocycles. The summed E-state index contributed by atoms with van der Waals surface area (Å²) in [5.74, 6) is 1.45. The molecule has 7 heteroatoms. The molecule has 2 rings (SSSR count). The van der Waals surface area contributed by atoms with Gasteiger partial charge in [-0.25, -0.2) is 4.79 Å². The number of H-pyrrole nitrogens is 1. The van der Waals surface area contributed by atoms with Crippen molar-refractivity contribution < 1.29 is 4.79 Å². The lowest BCUT2D eigenvalue weighted by atomic mass is 9.86. The lowest BCUT2D eigenvalue weighted by Crippen LogP contribution is -2.46. The molecule has 3 N–H and O–H groups in total. The number of rotatable bonds is 5. The SMILES string of the molecule is CCn1c(CCNC(=O)N[C@H]2CCCC[C@H]2C)n[nH]c1=S. The second-order valence-electron chi connectivity index (χ2n) is 5.71. The molecule has 0 radical (unpaired) electrons. The van der Waals surface area contributed by atoms with Gasteiger partial charge in [-0.2, -0.15) is 5.10 Å². The van der Waals surface area contributed by atoms with Crippen LogP contribution >= 0.6 is 12.2 Å². The highest BCUT2D eigenvalue weighted by atomic mass is 32.1. The molecule has 1 aromatic heterocycles. The normalized spacial score (nSPS) is 22.0. The fraction of sp³-hybridized carbons (Fsp3) is 0.786. The molecule has 21 heavy (non-hydrogen) atoms. The van der Waals surface area contributed by atoms with Crippen LogP contribution in [0.2, 0.25) is 0 Å². The number of amides is 2. The molecule has 0 bridgehead atoms. The minimum Gasteiger partial charge on any atom is -0.338 e. The average molecular weight is 311 g/mol. The number of urea groups is 1. The van der Waals surface area contributed by atoms with E-state index in [1.807, 2.05) is 11.5 Å². The minimum absolute atomic E-state index is 0.0778. The summed E-state index contributed by atoms with van der Waals surface area (Å²) < 4.78 is 2.57. The van der Waals surface area contributed by atoms with E-state index in [2.05, 4.69) is 27.8 Å². The molecule has 0 spiro atoms. The Bertz CT molecular complexity index is 524. The van der Waals surface area contributed by atoms with Crippen molar-refractivity contribution in [3.05, 3.63) is 10.6 Å². The van der Waals surface area contributed by atoms with Gasteiger partial charge in [0.05, 0.1) is 0 Å². The highest BCUT2D eigenvalue weighted by Gasteiger charge is 2.22. The lowest BCUT2D eigenvalue weighted by Gasteiger charge is -2.29. The molecule has 1 saturated carbocycles. The summed E-state index contributed by atoms with van der Waals surface area (Å²) in [4.78, 5) is 11.9. The van der Waals surface area contributed by atoms with Gasteiger partial charge in [0, 0.05) is 25.6 Å². The Morgan fingerprint density at radius 3 is 2.95 bits per heavy atom. The van der Waals surface area contributed by atoms with Crippen LogP contribution in [0.25, 0.3) is 0 Å². The minimum atomic E-state index is -0.0778. The van der Waals surface area contributed by atoms with Gasteiger partial charge in [0.15, 0.2) is 4.77 Å². The van der Waals surface area contributed by atoms with Crippen molar-refractivity contribution in [2.75, 3.05) is 6.54 Å². The first-order valence-corrected chi connectivity index (χ1v) is 8.21. The van der Waals surface area contributed by atoms with Gasteiger partial charge in [-0.1, -0.05) is 19.8 Å². The summed E-state index contributed by atoms with van der Waals surface area (Å²) in [6.45, 7) is 5.59. The van der Waals surface area contributed by atoms with Gasteiger partial charge in [0.2, 0.25) is 0 Å². The zero-order chi connectivity index (χ0) is 15.2. The molecular weight excluding hydrogens is 286 g/mol. The largest absolute Gasteiger partial charge is 0.338 e. The zero-order valence-corrected chi connectivity index (χ0v) is 13.6. The molecule has 2 amide bonds. The summed E-state index contributed by atoms with van der Waals surface area (Å²) in [5.41, 5.74) is 0. The summed E-state index contributed by atoms with van der Waals surface area (Å²) in [7, 11) is 0. The third-order valence-electron chi connectivity index (χ3n) is 4.22. The molecule has 1 fully saturated rings. The molecule has 6 nitrogen and oxygen atoms in total. The smallest absolute Gasteiger partial charge is 0.315 e. The molecular formula is C14H25N5OS. The van der Waals surface area contributed by atoms with Crippen LogP contribution in [0.4, 0.5) is 4.79 Å². The summed E-state index contributed by atoms with van der Waals surface area (Å²) in [6.07, 6.45) is 5.45. The Hall–Kier alpha value is -1.37. The van der Waals surface area contributed by atoms with Crippen molar-refractivity contribution in [2.24, 2.45) is 5.92 Å². The van der Waals surface area contributed by atoms with Crippen molar-refractivity contribution in [3.63, 3.8) is 0 Å². The number of nitrogens with zero attached hydrogens (tertiary/aromatic N) is 2. The lowest BCUT2D eigenvalue weighted by molar-refractivity contribution is 0.222. The van der Waals surface area contributed by atoms with Crippen molar-refractivity contribution in [2.45, 2.75) is 58.5 Å². The second-order valence-corrected chi connectivity index (χ2v) is 6.09. The first-order chi connectivity index (χ1) is 10.1. The van der Waals surface area contributed by atoms with E-state index in [1.54, 1.807) is 0 Å². The third kappa shape index (κ3) is 4.30. The van der Waals surface area contributed by atoms with E-state index in [-0.39, 0.29) is 6.03 Å². The van der Waals surface area contributed by atoms with E-state index in [1.165, 1.54) is 19.3 Å². The topological polar surface area (TPSA) is 74.7 Å². The van der Waals surface area contributed by atoms with Crippen LogP contribution in [0.5, 0.6) is 0 Å². The van der Waals surface area contributed by atoms with Crippen LogP contribution in [0.15, 0.2) is 0 Å². The quantitative estimate of drug-likeness (QED) is 0.731. The first kappa shape index (κ1) is 16.0. The van der Waals surface area contributed by atoms with Crippen LogP contribution < -0.4 is 10.6 Å². The maximum atomic E-state index is 11.9. The maximum Gasteiger partial charge on any atom is 0.315 e. The van der Waals surface area contributed by atoms with Crippen molar-refractivity contribution in [3.8, 4) is 0 Å². The van der Waals surface area contributed by atoms with Gasteiger partial charge < -0.3 is 15.2 Å². The Balaban J connectivity index is 1.75. The highest BCUT2D eigenvalue weighted by Crippen LogP contribution is 2.23. The fourth-order valence-corrected chi connectivity index (χ4v) is 3.19. The Morgan fingerprint density at radius 1 is 1.48 bits per heavy atom. The second kappa shape index (κ2) is 7.59. The molecule has 1 heterocycles. The molecule has 1 aliphatic rings. The number of aromatic nitrogens is 3. The first-order valence-electron chi connectivity index (χ1n) is 7.80. The van der Waals surface area contributed by atoms with Gasteiger partial charge in [-0.05, 0) is 37.9 Å². The van der Waals surface area contributed by atoms with Crippen LogP contribution in [0.1, 0.15) is 45.4 Å². The van der Waals surface area contributed by atoms with Crippen molar-refractivity contribution in [1.29, 1.82) is 0 Å². The fourth-order valence-electron chi connectivity index (χ4n) is 2.91. The molecule has 0 aliphatic heterocycles. The molecule has 1 aliphatic carbocycles. The molecule has 2 atom stereocenters. The average Bonchev–Trinajstić information content (AvgIpc) is 2.82. The third-order valence-corrected chi connectivity index (χ3v) is 4.53. The number of aromatic amines is 1. The van der Waals surface area contributed by atoms with Gasteiger partial charge in [0.25, 0.3) is 0 Å². The summed E-state index contributed by atoms with van der Waals surface area (Å²) in [5, 5.41) is 13.0. The van der Waals surface area contributed by atoms with E-state index in [9.17, 15) is 4.79 Å². The van der Waals surface area contributed by atoms with Crippen LogP contribution in [-0.2, 0) is 13.0 Å². The number of nitrogens with one attached hydrogen (secondary N) is 3. The maximum absolute atomic E-state index is 11.9. The molecule has 118 valence electrons. The molecule has 0 saturated heterocycles.